The molecule has 1 aromatic rings. The molecule has 2 nitrogen and oxygen atoms in total. The Hall–Kier alpha value is -1.57. The Morgan fingerprint density at radius 2 is 1.80 bits per heavy atom. The number of carboxylic acid groups (broad SMARTS) is 1. The third-order valence-electron chi connectivity index (χ3n) is 2.98. The van der Waals surface area contributed by atoms with E-state index in [2.05, 4.69) is 6.08 Å². The van der Waals surface area contributed by atoms with Crippen LogP contribution in [0.1, 0.15) is 24.3 Å². The first kappa shape index (κ1) is 9.97. The number of benzene rings is 1. The Bertz CT molecular complexity index is 367. The lowest BCUT2D eigenvalue weighted by Gasteiger charge is -2.25. The highest BCUT2D eigenvalue weighted by atomic mass is 16.4. The molecule has 78 valence electrons. The van der Waals surface area contributed by atoms with Gasteiger partial charge in [0.2, 0.25) is 0 Å². The summed E-state index contributed by atoms with van der Waals surface area (Å²) < 4.78 is 0. The summed E-state index contributed by atoms with van der Waals surface area (Å²) in [6.45, 7) is 0. The maximum atomic E-state index is 11.1. The minimum absolute atomic E-state index is 0.133. The molecule has 0 spiro atoms. The van der Waals surface area contributed by atoms with Gasteiger partial charge in [-0.1, -0.05) is 42.5 Å². The maximum absolute atomic E-state index is 11.1. The van der Waals surface area contributed by atoms with Crippen LogP contribution < -0.4 is 0 Å². The second-order valence-corrected chi connectivity index (χ2v) is 3.90. The molecule has 1 N–H and O–H groups in total. The molecule has 0 aliphatic heterocycles. The normalized spacial score (nSPS) is 25.1. The van der Waals surface area contributed by atoms with Crippen molar-refractivity contribution in [3.05, 3.63) is 48.0 Å². The third kappa shape index (κ3) is 2.09. The number of hydrogen-bond donors (Lipinski definition) is 1. The molecule has 2 rings (SSSR count). The van der Waals surface area contributed by atoms with Crippen molar-refractivity contribution in [3.8, 4) is 0 Å². The van der Waals surface area contributed by atoms with Crippen LogP contribution in [0.2, 0.25) is 0 Å². The van der Waals surface area contributed by atoms with Crippen LogP contribution in [0.3, 0.4) is 0 Å². The molecule has 0 unspecified atom stereocenters. The Morgan fingerprint density at radius 3 is 2.47 bits per heavy atom. The molecule has 0 amide bonds. The summed E-state index contributed by atoms with van der Waals surface area (Å²) in [4.78, 5) is 11.1. The quantitative estimate of drug-likeness (QED) is 0.749. The highest BCUT2D eigenvalue weighted by Gasteiger charge is 2.29. The molecule has 0 fully saturated rings. The van der Waals surface area contributed by atoms with E-state index in [1.807, 2.05) is 36.4 Å². The smallest absolute Gasteiger partial charge is 0.307 e. The van der Waals surface area contributed by atoms with Crippen LogP contribution in [-0.2, 0) is 4.79 Å². The van der Waals surface area contributed by atoms with Gasteiger partial charge in [0.15, 0.2) is 0 Å². The Balaban J connectivity index is 2.27. The average molecular weight is 202 g/mol. The SMILES string of the molecule is O=C(O)[C@@H]1CC=CC[C@H]1c1ccccc1. The van der Waals surface area contributed by atoms with Gasteiger partial charge in [-0.2, -0.15) is 0 Å². The van der Waals surface area contributed by atoms with E-state index in [0.29, 0.717) is 6.42 Å². The molecule has 0 radical (unpaired) electrons. The number of carbonyl (C=O) groups is 1. The van der Waals surface area contributed by atoms with Crippen molar-refractivity contribution in [3.63, 3.8) is 0 Å². The fraction of sp³-hybridized carbons (Fsp3) is 0.308. The van der Waals surface area contributed by atoms with Gasteiger partial charge in [0.05, 0.1) is 5.92 Å². The minimum Gasteiger partial charge on any atom is -0.481 e. The maximum Gasteiger partial charge on any atom is 0.307 e. The van der Waals surface area contributed by atoms with Crippen LogP contribution in [0.25, 0.3) is 0 Å². The van der Waals surface area contributed by atoms with Crippen LogP contribution in [0, 0.1) is 5.92 Å². The second-order valence-electron chi connectivity index (χ2n) is 3.90. The summed E-state index contributed by atoms with van der Waals surface area (Å²) in [6.07, 6.45) is 5.53. The molecule has 15 heavy (non-hydrogen) atoms. The van der Waals surface area contributed by atoms with Crippen molar-refractivity contribution in [2.45, 2.75) is 18.8 Å². The summed E-state index contributed by atoms with van der Waals surface area (Å²) in [5.74, 6) is -0.820. The minimum atomic E-state index is -0.687. The van der Waals surface area contributed by atoms with Gasteiger partial charge in [-0.15, -0.1) is 0 Å². The van der Waals surface area contributed by atoms with Gasteiger partial charge < -0.3 is 5.11 Å². The Morgan fingerprint density at radius 1 is 1.13 bits per heavy atom. The zero-order valence-corrected chi connectivity index (χ0v) is 8.47. The molecule has 2 heteroatoms. The monoisotopic (exact) mass is 202 g/mol. The van der Waals surface area contributed by atoms with Crippen LogP contribution in [0.15, 0.2) is 42.5 Å². The van der Waals surface area contributed by atoms with Gasteiger partial charge in [0.1, 0.15) is 0 Å². The van der Waals surface area contributed by atoms with E-state index in [0.717, 1.165) is 12.0 Å². The summed E-state index contributed by atoms with van der Waals surface area (Å²) >= 11 is 0. The third-order valence-corrected chi connectivity index (χ3v) is 2.98. The second kappa shape index (κ2) is 4.30. The number of aliphatic carboxylic acids is 1. The highest BCUT2D eigenvalue weighted by Crippen LogP contribution is 2.34. The predicted octanol–water partition coefficient (Wildman–Crippen LogP) is 2.82. The summed E-state index contributed by atoms with van der Waals surface area (Å²) in [6, 6.07) is 9.91. The van der Waals surface area contributed by atoms with Crippen LogP contribution in [0.5, 0.6) is 0 Å². The lowest BCUT2D eigenvalue weighted by Crippen LogP contribution is -2.23. The Kier molecular flexibility index (Phi) is 2.86. The number of rotatable bonds is 2. The van der Waals surface area contributed by atoms with Gasteiger partial charge >= 0.3 is 5.97 Å². The van der Waals surface area contributed by atoms with E-state index >= 15 is 0 Å². The summed E-state index contributed by atoms with van der Waals surface area (Å²) in [7, 11) is 0. The van der Waals surface area contributed by atoms with Crippen molar-refractivity contribution < 1.29 is 9.90 Å². The predicted molar refractivity (Wildman–Crippen MR) is 58.7 cm³/mol. The molecule has 0 heterocycles. The van der Waals surface area contributed by atoms with Gasteiger partial charge in [0.25, 0.3) is 0 Å². The van der Waals surface area contributed by atoms with Gasteiger partial charge in [-0.25, -0.2) is 0 Å². The van der Waals surface area contributed by atoms with E-state index < -0.39 is 5.97 Å². The first-order chi connectivity index (χ1) is 7.29. The van der Waals surface area contributed by atoms with Crippen LogP contribution in [0.4, 0.5) is 0 Å². The van der Waals surface area contributed by atoms with Crippen molar-refractivity contribution >= 4 is 5.97 Å². The average Bonchev–Trinajstić information content (AvgIpc) is 2.30. The van der Waals surface area contributed by atoms with Crippen LogP contribution in [-0.4, -0.2) is 11.1 Å². The number of carboxylic acids is 1. The lowest BCUT2D eigenvalue weighted by molar-refractivity contribution is -0.142. The van der Waals surface area contributed by atoms with Crippen molar-refractivity contribution in [2.24, 2.45) is 5.92 Å². The Labute approximate surface area is 89.2 Å². The highest BCUT2D eigenvalue weighted by molar-refractivity contribution is 5.72. The molecule has 0 saturated carbocycles. The van der Waals surface area contributed by atoms with Crippen LogP contribution >= 0.6 is 0 Å². The zero-order valence-electron chi connectivity index (χ0n) is 8.47. The lowest BCUT2D eigenvalue weighted by atomic mass is 9.79. The van der Waals surface area contributed by atoms with Crippen molar-refractivity contribution in [1.29, 1.82) is 0 Å². The number of allylic oxidation sites excluding steroid dienone is 2. The molecule has 1 aliphatic carbocycles. The molecule has 0 bridgehead atoms. The molecular formula is C13H14O2. The largest absolute Gasteiger partial charge is 0.481 e. The zero-order chi connectivity index (χ0) is 10.7. The molecule has 0 aromatic heterocycles. The molecule has 1 aliphatic rings. The van der Waals surface area contributed by atoms with Gasteiger partial charge in [-0.3, -0.25) is 4.79 Å². The molecular weight excluding hydrogens is 188 g/mol. The fourth-order valence-corrected chi connectivity index (χ4v) is 2.16. The molecule has 2 atom stereocenters. The standard InChI is InChI=1S/C13H14O2/c14-13(15)12-9-5-4-8-11(12)10-6-2-1-3-7-10/h1-7,11-12H,8-9H2,(H,14,15)/t11-,12+/m0/s1. The molecule has 1 aromatic carbocycles. The van der Waals surface area contributed by atoms with Crippen molar-refractivity contribution in [1.82, 2.24) is 0 Å². The fourth-order valence-electron chi connectivity index (χ4n) is 2.16. The summed E-state index contributed by atoms with van der Waals surface area (Å²) in [5, 5.41) is 9.14. The van der Waals surface area contributed by atoms with E-state index in [1.165, 1.54) is 0 Å². The first-order valence-electron chi connectivity index (χ1n) is 5.22. The van der Waals surface area contributed by atoms with E-state index in [1.54, 1.807) is 0 Å². The molecule has 0 saturated heterocycles. The van der Waals surface area contributed by atoms with E-state index in [4.69, 9.17) is 5.11 Å². The summed E-state index contributed by atoms with van der Waals surface area (Å²) in [5.41, 5.74) is 1.13. The van der Waals surface area contributed by atoms with Gasteiger partial charge in [0, 0.05) is 5.92 Å². The van der Waals surface area contributed by atoms with E-state index in [-0.39, 0.29) is 11.8 Å². The van der Waals surface area contributed by atoms with E-state index in [9.17, 15) is 4.79 Å². The topological polar surface area (TPSA) is 37.3 Å². The van der Waals surface area contributed by atoms with Crippen molar-refractivity contribution in [2.75, 3.05) is 0 Å². The van der Waals surface area contributed by atoms with Gasteiger partial charge in [-0.05, 0) is 18.4 Å². The number of hydrogen-bond acceptors (Lipinski definition) is 1. The first-order valence-corrected chi connectivity index (χ1v) is 5.22.